The van der Waals surface area contributed by atoms with Gasteiger partial charge < -0.3 is 0 Å². The van der Waals surface area contributed by atoms with Crippen LogP contribution in [0.1, 0.15) is 39.0 Å². The van der Waals surface area contributed by atoms with Gasteiger partial charge in [-0.1, -0.05) is 0 Å². The van der Waals surface area contributed by atoms with Crippen LogP contribution < -0.4 is 0 Å². The van der Waals surface area contributed by atoms with Crippen LogP contribution in [-0.4, -0.2) is 30.4 Å². The third-order valence-corrected chi connectivity index (χ3v) is 4.82. The fraction of sp³-hybridized carbons (Fsp3) is 0.786. The second kappa shape index (κ2) is 6.06. The maximum absolute atomic E-state index is 10.5. The standard InChI is InChI=1S/C14H17N3O3/c1-10(15-7-18)5-14-3-2-11(6-14)4-12(14)13(16-8-19)17-9-20/h10-13H,2-6H2,1H3. The van der Waals surface area contributed by atoms with Gasteiger partial charge in [0.05, 0.1) is 6.04 Å². The molecule has 2 fully saturated rings. The molecule has 0 spiro atoms. The van der Waals surface area contributed by atoms with Gasteiger partial charge in [0.25, 0.3) is 0 Å². The van der Waals surface area contributed by atoms with E-state index in [-0.39, 0.29) is 17.4 Å². The van der Waals surface area contributed by atoms with Crippen molar-refractivity contribution in [1.29, 1.82) is 0 Å². The highest BCUT2D eigenvalue weighted by Gasteiger charge is 2.55. The largest absolute Gasteiger partial charge is 0.237 e. The van der Waals surface area contributed by atoms with Crippen molar-refractivity contribution in [3.05, 3.63) is 0 Å². The van der Waals surface area contributed by atoms with Crippen molar-refractivity contribution in [2.45, 2.75) is 51.2 Å². The fourth-order valence-electron chi connectivity index (χ4n) is 4.23. The summed E-state index contributed by atoms with van der Waals surface area (Å²) in [7, 11) is 0. The summed E-state index contributed by atoms with van der Waals surface area (Å²) in [6.07, 6.45) is 8.70. The third-order valence-electron chi connectivity index (χ3n) is 4.82. The molecule has 0 aliphatic heterocycles. The molecule has 2 aliphatic rings. The van der Waals surface area contributed by atoms with Gasteiger partial charge in [0.2, 0.25) is 18.2 Å². The minimum absolute atomic E-state index is 0.0356. The summed E-state index contributed by atoms with van der Waals surface area (Å²) in [5, 5.41) is 0. The van der Waals surface area contributed by atoms with Crippen molar-refractivity contribution in [2.24, 2.45) is 32.2 Å². The number of aliphatic imine (C=N–C) groups is 3. The Hall–Kier alpha value is -1.86. The van der Waals surface area contributed by atoms with Crippen LogP contribution in [0.25, 0.3) is 0 Å². The molecule has 106 valence electrons. The third kappa shape index (κ3) is 2.68. The van der Waals surface area contributed by atoms with E-state index in [0.29, 0.717) is 5.92 Å². The molecule has 2 bridgehead atoms. The zero-order chi connectivity index (χ0) is 14.6. The van der Waals surface area contributed by atoms with Crippen LogP contribution in [0.3, 0.4) is 0 Å². The van der Waals surface area contributed by atoms with E-state index in [0.717, 1.165) is 32.1 Å². The molecule has 2 saturated carbocycles. The Morgan fingerprint density at radius 1 is 1.15 bits per heavy atom. The SMILES string of the molecule is CC(CC12CCC(CC1C(N=C=O)N=C=O)C2)N=C=O. The lowest BCUT2D eigenvalue weighted by molar-refractivity contribution is 0.136. The van der Waals surface area contributed by atoms with Crippen molar-refractivity contribution in [3.8, 4) is 0 Å². The van der Waals surface area contributed by atoms with Gasteiger partial charge in [-0.3, -0.25) is 0 Å². The summed E-state index contributed by atoms with van der Waals surface area (Å²) < 4.78 is 0. The molecule has 0 aromatic heterocycles. The lowest BCUT2D eigenvalue weighted by Gasteiger charge is -2.37. The van der Waals surface area contributed by atoms with Gasteiger partial charge in [0.1, 0.15) is 0 Å². The van der Waals surface area contributed by atoms with Gasteiger partial charge >= 0.3 is 0 Å². The molecule has 0 aromatic carbocycles. The molecule has 6 heteroatoms. The molecular formula is C14H17N3O3. The van der Waals surface area contributed by atoms with Crippen LogP contribution in [-0.2, 0) is 14.4 Å². The molecule has 0 heterocycles. The van der Waals surface area contributed by atoms with Crippen molar-refractivity contribution in [1.82, 2.24) is 0 Å². The normalized spacial score (nSPS) is 33.5. The summed E-state index contributed by atoms with van der Waals surface area (Å²) in [6, 6.07) is -0.118. The Labute approximate surface area is 117 Å². The quantitative estimate of drug-likeness (QED) is 0.547. The van der Waals surface area contributed by atoms with Crippen molar-refractivity contribution >= 4 is 18.2 Å². The molecule has 0 N–H and O–H groups in total. The average molecular weight is 275 g/mol. The number of rotatable bonds is 6. The minimum atomic E-state index is -0.692. The van der Waals surface area contributed by atoms with Gasteiger partial charge in [-0.25, -0.2) is 19.4 Å². The number of isocyanates is 3. The highest BCUT2D eigenvalue weighted by atomic mass is 16.1. The molecule has 4 atom stereocenters. The predicted molar refractivity (Wildman–Crippen MR) is 70.1 cm³/mol. The first-order chi connectivity index (χ1) is 9.65. The molecule has 6 nitrogen and oxygen atoms in total. The smallest absolute Gasteiger partial charge is 0.211 e. The van der Waals surface area contributed by atoms with Crippen LogP contribution >= 0.6 is 0 Å². The van der Waals surface area contributed by atoms with E-state index in [1.807, 2.05) is 6.92 Å². The van der Waals surface area contributed by atoms with Gasteiger partial charge in [0.15, 0.2) is 6.17 Å². The van der Waals surface area contributed by atoms with Crippen molar-refractivity contribution < 1.29 is 14.4 Å². The molecule has 0 amide bonds. The highest BCUT2D eigenvalue weighted by Crippen LogP contribution is 2.61. The number of carbonyl (C=O) groups excluding carboxylic acids is 3. The monoisotopic (exact) mass is 275 g/mol. The zero-order valence-electron chi connectivity index (χ0n) is 11.4. The van der Waals surface area contributed by atoms with E-state index in [1.165, 1.54) is 12.2 Å². The Kier molecular flexibility index (Phi) is 4.41. The first-order valence-electron chi connectivity index (χ1n) is 6.86. The van der Waals surface area contributed by atoms with Gasteiger partial charge in [0, 0.05) is 5.92 Å². The van der Waals surface area contributed by atoms with Crippen LogP contribution in [0.15, 0.2) is 15.0 Å². The Balaban J connectivity index is 2.25. The summed E-state index contributed by atoms with van der Waals surface area (Å²) in [5.74, 6) is 0.618. The van der Waals surface area contributed by atoms with Gasteiger partial charge in [-0.05, 0) is 50.4 Å². The fourth-order valence-corrected chi connectivity index (χ4v) is 4.23. The first kappa shape index (κ1) is 14.5. The maximum Gasteiger partial charge on any atom is 0.237 e. The molecule has 4 unspecified atom stereocenters. The van der Waals surface area contributed by atoms with E-state index in [4.69, 9.17) is 0 Å². The van der Waals surface area contributed by atoms with Gasteiger partial charge in [-0.2, -0.15) is 9.98 Å². The highest BCUT2D eigenvalue weighted by molar-refractivity contribution is 5.37. The van der Waals surface area contributed by atoms with E-state index in [1.54, 1.807) is 6.08 Å². The lowest BCUT2D eigenvalue weighted by atomic mass is 9.70. The van der Waals surface area contributed by atoms with Crippen LogP contribution in [0.2, 0.25) is 0 Å². The topological polar surface area (TPSA) is 88.3 Å². The van der Waals surface area contributed by atoms with Gasteiger partial charge in [-0.15, -0.1) is 0 Å². The van der Waals surface area contributed by atoms with Crippen LogP contribution in [0, 0.1) is 17.3 Å². The summed E-state index contributed by atoms with van der Waals surface area (Å²) >= 11 is 0. The zero-order valence-corrected chi connectivity index (χ0v) is 11.4. The molecule has 0 radical (unpaired) electrons. The van der Waals surface area contributed by atoms with Crippen molar-refractivity contribution in [2.75, 3.05) is 0 Å². The van der Waals surface area contributed by atoms with Crippen molar-refractivity contribution in [3.63, 3.8) is 0 Å². The number of hydrogen-bond acceptors (Lipinski definition) is 6. The number of nitrogens with zero attached hydrogens (tertiary/aromatic N) is 3. The Morgan fingerprint density at radius 3 is 2.35 bits per heavy atom. The molecule has 2 rings (SSSR count). The Bertz CT molecular complexity index is 498. The number of fused-ring (bicyclic) bond motifs is 2. The molecular weight excluding hydrogens is 258 g/mol. The van der Waals surface area contributed by atoms with E-state index < -0.39 is 6.17 Å². The maximum atomic E-state index is 10.5. The minimum Gasteiger partial charge on any atom is -0.211 e. The van der Waals surface area contributed by atoms with E-state index in [9.17, 15) is 14.4 Å². The molecule has 0 aromatic rings. The first-order valence-corrected chi connectivity index (χ1v) is 6.86. The van der Waals surface area contributed by atoms with Crippen LogP contribution in [0.5, 0.6) is 0 Å². The predicted octanol–water partition coefficient (Wildman–Crippen LogP) is 1.90. The number of hydrogen-bond donors (Lipinski definition) is 0. The second-order valence-corrected chi connectivity index (χ2v) is 5.94. The van der Waals surface area contributed by atoms with E-state index in [2.05, 4.69) is 15.0 Å². The summed E-state index contributed by atoms with van der Waals surface area (Å²) in [4.78, 5) is 42.5. The Morgan fingerprint density at radius 2 is 1.80 bits per heavy atom. The average Bonchev–Trinajstić information content (AvgIpc) is 2.95. The second-order valence-electron chi connectivity index (χ2n) is 5.94. The van der Waals surface area contributed by atoms with E-state index >= 15 is 0 Å². The molecule has 0 saturated heterocycles. The summed E-state index contributed by atoms with van der Waals surface area (Å²) in [6.45, 7) is 1.88. The summed E-state index contributed by atoms with van der Waals surface area (Å²) in [5.41, 5.74) is -0.0458. The van der Waals surface area contributed by atoms with Crippen LogP contribution in [0.4, 0.5) is 0 Å². The lowest BCUT2D eigenvalue weighted by Crippen LogP contribution is -2.35. The molecule has 20 heavy (non-hydrogen) atoms. The molecule has 2 aliphatic carbocycles.